The zero-order chi connectivity index (χ0) is 10.1. The van der Waals surface area contributed by atoms with Gasteiger partial charge in [0, 0.05) is 4.47 Å². The van der Waals surface area contributed by atoms with Gasteiger partial charge >= 0.3 is 0 Å². The predicted molar refractivity (Wildman–Crippen MR) is 61.3 cm³/mol. The van der Waals surface area contributed by atoms with E-state index in [1.165, 1.54) is 5.56 Å². The Labute approximate surface area is 93.3 Å². The highest BCUT2D eigenvalue weighted by Gasteiger charge is 2.38. The smallest absolute Gasteiger partial charge is 0.0580 e. The number of halogens is 1. The summed E-state index contributed by atoms with van der Waals surface area (Å²) >= 11 is 3.43. The van der Waals surface area contributed by atoms with Crippen molar-refractivity contribution in [2.75, 3.05) is 0 Å². The highest BCUT2D eigenvalue weighted by atomic mass is 79.9. The van der Waals surface area contributed by atoms with Crippen molar-refractivity contribution in [3.8, 4) is 0 Å². The molecule has 0 heterocycles. The van der Waals surface area contributed by atoms with Crippen LogP contribution in [0.1, 0.15) is 31.2 Å². The fourth-order valence-electron chi connectivity index (χ4n) is 2.33. The highest BCUT2D eigenvalue weighted by Crippen LogP contribution is 2.44. The molecule has 14 heavy (non-hydrogen) atoms. The van der Waals surface area contributed by atoms with Crippen molar-refractivity contribution in [2.45, 2.75) is 31.8 Å². The summed E-state index contributed by atoms with van der Waals surface area (Å²) < 4.78 is 1.12. The van der Waals surface area contributed by atoms with Gasteiger partial charge < -0.3 is 5.11 Å². The molecule has 0 amide bonds. The average molecular weight is 255 g/mol. The monoisotopic (exact) mass is 254 g/mol. The van der Waals surface area contributed by atoms with Gasteiger partial charge in [-0.2, -0.15) is 0 Å². The van der Waals surface area contributed by atoms with Crippen LogP contribution in [0.3, 0.4) is 0 Å². The molecule has 1 nitrogen and oxygen atoms in total. The molecule has 1 N–H and O–H groups in total. The second-order valence-corrected chi connectivity index (χ2v) is 4.95. The molecule has 0 aromatic heterocycles. The Morgan fingerprint density at radius 2 is 2.00 bits per heavy atom. The molecule has 1 aliphatic rings. The van der Waals surface area contributed by atoms with Crippen LogP contribution in [-0.2, 0) is 0 Å². The van der Waals surface area contributed by atoms with Crippen LogP contribution in [0.15, 0.2) is 28.7 Å². The SMILES string of the molecule is CCC1C(O)CC1c1ccc(Br)cc1. The number of hydrogen-bond donors (Lipinski definition) is 1. The minimum Gasteiger partial charge on any atom is -0.393 e. The maximum absolute atomic E-state index is 9.58. The molecule has 3 atom stereocenters. The third-order valence-electron chi connectivity index (χ3n) is 3.28. The van der Waals surface area contributed by atoms with E-state index in [0.717, 1.165) is 17.3 Å². The molecule has 76 valence electrons. The second-order valence-electron chi connectivity index (χ2n) is 4.03. The fourth-order valence-corrected chi connectivity index (χ4v) is 2.60. The summed E-state index contributed by atoms with van der Waals surface area (Å²) in [6.07, 6.45) is 1.93. The summed E-state index contributed by atoms with van der Waals surface area (Å²) in [4.78, 5) is 0. The highest BCUT2D eigenvalue weighted by molar-refractivity contribution is 9.10. The summed E-state index contributed by atoms with van der Waals surface area (Å²) in [5.74, 6) is 1.04. The third kappa shape index (κ3) is 1.73. The topological polar surface area (TPSA) is 20.2 Å². The van der Waals surface area contributed by atoms with Crippen molar-refractivity contribution in [2.24, 2.45) is 5.92 Å². The van der Waals surface area contributed by atoms with Gasteiger partial charge in [0.15, 0.2) is 0 Å². The molecule has 0 spiro atoms. The molecule has 1 fully saturated rings. The van der Waals surface area contributed by atoms with Gasteiger partial charge in [-0.05, 0) is 36.0 Å². The zero-order valence-electron chi connectivity index (χ0n) is 8.28. The molecule has 2 heteroatoms. The van der Waals surface area contributed by atoms with Gasteiger partial charge in [0.2, 0.25) is 0 Å². The molecular formula is C12H15BrO. The Hall–Kier alpha value is -0.340. The first kappa shape index (κ1) is 10.2. The summed E-state index contributed by atoms with van der Waals surface area (Å²) in [7, 11) is 0. The first-order valence-electron chi connectivity index (χ1n) is 5.16. The molecule has 0 saturated heterocycles. The van der Waals surface area contributed by atoms with Crippen molar-refractivity contribution in [1.29, 1.82) is 0 Å². The van der Waals surface area contributed by atoms with E-state index in [-0.39, 0.29) is 6.10 Å². The van der Waals surface area contributed by atoms with E-state index >= 15 is 0 Å². The van der Waals surface area contributed by atoms with Crippen LogP contribution in [0.4, 0.5) is 0 Å². The minimum absolute atomic E-state index is 0.0753. The van der Waals surface area contributed by atoms with Crippen LogP contribution in [0.25, 0.3) is 0 Å². The molecular weight excluding hydrogens is 240 g/mol. The largest absolute Gasteiger partial charge is 0.393 e. The minimum atomic E-state index is -0.0753. The summed E-state index contributed by atoms with van der Waals surface area (Å²) in [5, 5.41) is 9.58. The Balaban J connectivity index is 2.13. The molecule has 0 radical (unpaired) electrons. The Morgan fingerprint density at radius 1 is 1.36 bits per heavy atom. The number of hydrogen-bond acceptors (Lipinski definition) is 1. The van der Waals surface area contributed by atoms with E-state index in [2.05, 4.69) is 47.1 Å². The van der Waals surface area contributed by atoms with E-state index in [1.54, 1.807) is 0 Å². The van der Waals surface area contributed by atoms with Crippen LogP contribution in [-0.4, -0.2) is 11.2 Å². The second kappa shape index (κ2) is 4.03. The molecule has 1 aliphatic carbocycles. The van der Waals surface area contributed by atoms with Gasteiger partial charge in [-0.15, -0.1) is 0 Å². The number of benzene rings is 1. The van der Waals surface area contributed by atoms with Crippen molar-refractivity contribution >= 4 is 15.9 Å². The number of rotatable bonds is 2. The molecule has 2 rings (SSSR count). The van der Waals surface area contributed by atoms with Gasteiger partial charge in [-0.3, -0.25) is 0 Å². The molecule has 0 aliphatic heterocycles. The van der Waals surface area contributed by atoms with Crippen LogP contribution in [0, 0.1) is 5.92 Å². The molecule has 1 aromatic carbocycles. The first-order valence-corrected chi connectivity index (χ1v) is 5.95. The number of aliphatic hydroxyl groups is 1. The van der Waals surface area contributed by atoms with Crippen LogP contribution in [0.5, 0.6) is 0 Å². The summed E-state index contributed by atoms with van der Waals surface area (Å²) in [6, 6.07) is 8.46. The van der Waals surface area contributed by atoms with Crippen LogP contribution >= 0.6 is 15.9 Å². The van der Waals surface area contributed by atoms with E-state index in [1.807, 2.05) is 0 Å². The van der Waals surface area contributed by atoms with Crippen molar-refractivity contribution in [3.05, 3.63) is 34.3 Å². The Morgan fingerprint density at radius 3 is 2.50 bits per heavy atom. The Bertz CT molecular complexity index is 307. The normalized spacial score (nSPS) is 31.2. The lowest BCUT2D eigenvalue weighted by molar-refractivity contribution is -0.000727. The average Bonchev–Trinajstić information content (AvgIpc) is 2.16. The van der Waals surface area contributed by atoms with E-state index in [0.29, 0.717) is 11.8 Å². The van der Waals surface area contributed by atoms with E-state index in [4.69, 9.17) is 0 Å². The van der Waals surface area contributed by atoms with Crippen molar-refractivity contribution < 1.29 is 5.11 Å². The lowest BCUT2D eigenvalue weighted by Crippen LogP contribution is -2.38. The van der Waals surface area contributed by atoms with Gasteiger partial charge in [-0.25, -0.2) is 0 Å². The van der Waals surface area contributed by atoms with E-state index < -0.39 is 0 Å². The summed E-state index contributed by atoms with van der Waals surface area (Å²) in [6.45, 7) is 2.15. The Kier molecular flexibility index (Phi) is 2.93. The lowest BCUT2D eigenvalue weighted by Gasteiger charge is -2.41. The standard InChI is InChI=1S/C12H15BrO/c1-2-10-11(7-12(10)14)8-3-5-9(13)6-4-8/h3-6,10-12,14H,2,7H2,1H3. The predicted octanol–water partition coefficient (Wildman–Crippen LogP) is 3.32. The maximum Gasteiger partial charge on any atom is 0.0580 e. The van der Waals surface area contributed by atoms with Crippen molar-refractivity contribution in [3.63, 3.8) is 0 Å². The lowest BCUT2D eigenvalue weighted by atomic mass is 9.66. The van der Waals surface area contributed by atoms with Crippen LogP contribution < -0.4 is 0 Å². The fraction of sp³-hybridized carbons (Fsp3) is 0.500. The van der Waals surface area contributed by atoms with E-state index in [9.17, 15) is 5.11 Å². The first-order chi connectivity index (χ1) is 6.72. The van der Waals surface area contributed by atoms with Gasteiger partial charge in [0.1, 0.15) is 0 Å². The molecule has 1 aromatic rings. The quantitative estimate of drug-likeness (QED) is 0.859. The third-order valence-corrected chi connectivity index (χ3v) is 3.80. The molecule has 0 bridgehead atoms. The molecule has 3 unspecified atom stereocenters. The van der Waals surface area contributed by atoms with Crippen molar-refractivity contribution in [1.82, 2.24) is 0 Å². The van der Waals surface area contributed by atoms with Gasteiger partial charge in [0.05, 0.1) is 6.10 Å². The zero-order valence-corrected chi connectivity index (χ0v) is 9.87. The summed E-state index contributed by atoms with van der Waals surface area (Å²) in [5.41, 5.74) is 1.37. The maximum atomic E-state index is 9.58. The van der Waals surface area contributed by atoms with Gasteiger partial charge in [0.25, 0.3) is 0 Å². The van der Waals surface area contributed by atoms with Gasteiger partial charge in [-0.1, -0.05) is 41.4 Å². The molecule has 1 saturated carbocycles. The van der Waals surface area contributed by atoms with Crippen LogP contribution in [0.2, 0.25) is 0 Å². The number of aliphatic hydroxyl groups excluding tert-OH is 1.